The fourth-order valence-corrected chi connectivity index (χ4v) is 2.27. The molecule has 0 bridgehead atoms. The van der Waals surface area contributed by atoms with Gasteiger partial charge in [-0.2, -0.15) is 0 Å². The molecule has 1 aliphatic rings. The summed E-state index contributed by atoms with van der Waals surface area (Å²) in [5.74, 6) is 0. The Morgan fingerprint density at radius 1 is 1.30 bits per heavy atom. The Labute approximate surface area is 120 Å². The van der Waals surface area contributed by atoms with E-state index in [9.17, 15) is 4.79 Å². The Kier molecular flexibility index (Phi) is 5.83. The minimum atomic E-state index is -0.140. The first kappa shape index (κ1) is 14.8. The summed E-state index contributed by atoms with van der Waals surface area (Å²) in [7, 11) is 0. The van der Waals surface area contributed by atoms with E-state index in [4.69, 9.17) is 4.74 Å². The van der Waals surface area contributed by atoms with E-state index >= 15 is 0 Å². The molecule has 1 aromatic carbocycles. The van der Waals surface area contributed by atoms with Crippen LogP contribution in [0.25, 0.3) is 0 Å². The number of ether oxygens (including phenoxy) is 1. The molecule has 5 nitrogen and oxygen atoms in total. The van der Waals surface area contributed by atoms with Crippen LogP contribution in [-0.2, 0) is 11.2 Å². The van der Waals surface area contributed by atoms with Gasteiger partial charge in [-0.25, -0.2) is 4.79 Å². The van der Waals surface area contributed by atoms with Gasteiger partial charge in [0, 0.05) is 31.9 Å². The van der Waals surface area contributed by atoms with Gasteiger partial charge in [0.15, 0.2) is 0 Å². The highest BCUT2D eigenvalue weighted by Crippen LogP contribution is 2.14. The zero-order valence-corrected chi connectivity index (χ0v) is 12.0. The molecule has 0 unspecified atom stereocenters. The van der Waals surface area contributed by atoms with Gasteiger partial charge >= 0.3 is 6.03 Å². The van der Waals surface area contributed by atoms with E-state index in [0.717, 1.165) is 50.5 Å². The van der Waals surface area contributed by atoms with E-state index in [1.807, 2.05) is 24.3 Å². The van der Waals surface area contributed by atoms with Crippen LogP contribution in [0.15, 0.2) is 24.3 Å². The minimum absolute atomic E-state index is 0.140. The summed E-state index contributed by atoms with van der Waals surface area (Å²) in [6, 6.07) is 7.74. The minimum Gasteiger partial charge on any atom is -0.379 e. The van der Waals surface area contributed by atoms with Crippen molar-refractivity contribution in [2.45, 2.75) is 13.3 Å². The number of para-hydroxylation sites is 1. The predicted molar refractivity (Wildman–Crippen MR) is 80.1 cm³/mol. The van der Waals surface area contributed by atoms with Gasteiger partial charge in [-0.15, -0.1) is 0 Å². The molecule has 0 radical (unpaired) electrons. The third-order valence-corrected chi connectivity index (χ3v) is 3.46. The number of aryl methyl sites for hydroxylation is 1. The van der Waals surface area contributed by atoms with Crippen molar-refractivity contribution in [1.82, 2.24) is 10.2 Å². The molecule has 0 atom stereocenters. The second kappa shape index (κ2) is 7.87. The molecular formula is C15H23N3O2. The van der Waals surface area contributed by atoms with Gasteiger partial charge in [0.2, 0.25) is 0 Å². The summed E-state index contributed by atoms with van der Waals surface area (Å²) < 4.78 is 5.29. The maximum Gasteiger partial charge on any atom is 0.319 e. The van der Waals surface area contributed by atoms with Gasteiger partial charge in [-0.3, -0.25) is 4.90 Å². The molecule has 0 saturated carbocycles. The van der Waals surface area contributed by atoms with Gasteiger partial charge in [-0.05, 0) is 18.1 Å². The van der Waals surface area contributed by atoms with Crippen molar-refractivity contribution in [3.8, 4) is 0 Å². The highest BCUT2D eigenvalue weighted by atomic mass is 16.5. The van der Waals surface area contributed by atoms with Gasteiger partial charge in [0.1, 0.15) is 0 Å². The lowest BCUT2D eigenvalue weighted by Gasteiger charge is -2.26. The number of nitrogens with one attached hydrogen (secondary N) is 2. The highest BCUT2D eigenvalue weighted by Gasteiger charge is 2.10. The number of morpholine rings is 1. The topological polar surface area (TPSA) is 53.6 Å². The van der Waals surface area contributed by atoms with Crippen LogP contribution in [-0.4, -0.2) is 50.3 Å². The summed E-state index contributed by atoms with van der Waals surface area (Å²) in [6.45, 7) is 7.07. The van der Waals surface area contributed by atoms with Crippen LogP contribution in [0.4, 0.5) is 10.5 Å². The van der Waals surface area contributed by atoms with Crippen LogP contribution in [0.2, 0.25) is 0 Å². The van der Waals surface area contributed by atoms with E-state index in [2.05, 4.69) is 22.5 Å². The number of rotatable bonds is 5. The summed E-state index contributed by atoms with van der Waals surface area (Å²) in [5, 5.41) is 5.80. The number of carbonyl (C=O) groups excluding carboxylic acids is 1. The van der Waals surface area contributed by atoms with E-state index < -0.39 is 0 Å². The highest BCUT2D eigenvalue weighted by molar-refractivity contribution is 5.90. The van der Waals surface area contributed by atoms with Gasteiger partial charge < -0.3 is 15.4 Å². The van der Waals surface area contributed by atoms with E-state index in [-0.39, 0.29) is 6.03 Å². The third kappa shape index (κ3) is 4.51. The number of carbonyl (C=O) groups is 1. The van der Waals surface area contributed by atoms with Gasteiger partial charge in [-0.1, -0.05) is 25.1 Å². The quantitative estimate of drug-likeness (QED) is 0.861. The summed E-state index contributed by atoms with van der Waals surface area (Å²) in [6.07, 6.45) is 0.907. The molecule has 2 N–H and O–H groups in total. The number of hydrogen-bond donors (Lipinski definition) is 2. The van der Waals surface area contributed by atoms with Crippen LogP contribution in [0.1, 0.15) is 12.5 Å². The zero-order chi connectivity index (χ0) is 14.2. The Balaban J connectivity index is 1.72. The third-order valence-electron chi connectivity index (χ3n) is 3.46. The number of nitrogens with zero attached hydrogens (tertiary/aromatic N) is 1. The Morgan fingerprint density at radius 3 is 2.80 bits per heavy atom. The molecule has 1 fully saturated rings. The normalized spacial score (nSPS) is 15.8. The van der Waals surface area contributed by atoms with Crippen molar-refractivity contribution >= 4 is 11.7 Å². The molecule has 0 aromatic heterocycles. The molecule has 1 aliphatic heterocycles. The second-order valence-electron chi connectivity index (χ2n) is 4.85. The summed E-state index contributed by atoms with van der Waals surface area (Å²) in [4.78, 5) is 14.2. The van der Waals surface area contributed by atoms with Crippen LogP contribution >= 0.6 is 0 Å². The molecule has 2 rings (SSSR count). The van der Waals surface area contributed by atoms with Crippen molar-refractivity contribution in [2.75, 3.05) is 44.7 Å². The molecule has 1 heterocycles. The second-order valence-corrected chi connectivity index (χ2v) is 4.85. The molecule has 1 saturated heterocycles. The first-order valence-electron chi connectivity index (χ1n) is 7.22. The van der Waals surface area contributed by atoms with Crippen LogP contribution in [0.5, 0.6) is 0 Å². The zero-order valence-electron chi connectivity index (χ0n) is 12.0. The Hall–Kier alpha value is -1.59. The SMILES string of the molecule is CCc1ccccc1NC(=O)NCCN1CCOCC1. The molecule has 0 aliphatic carbocycles. The molecule has 2 amide bonds. The van der Waals surface area contributed by atoms with Gasteiger partial charge in [0.25, 0.3) is 0 Å². The van der Waals surface area contributed by atoms with E-state index in [0.29, 0.717) is 6.54 Å². The van der Waals surface area contributed by atoms with Crippen LogP contribution in [0, 0.1) is 0 Å². The van der Waals surface area contributed by atoms with Crippen LogP contribution in [0.3, 0.4) is 0 Å². The Morgan fingerprint density at radius 2 is 2.05 bits per heavy atom. The smallest absolute Gasteiger partial charge is 0.319 e. The first-order valence-corrected chi connectivity index (χ1v) is 7.22. The van der Waals surface area contributed by atoms with E-state index in [1.165, 1.54) is 0 Å². The maximum atomic E-state index is 11.9. The Bertz CT molecular complexity index is 431. The number of urea groups is 1. The average molecular weight is 277 g/mol. The lowest BCUT2D eigenvalue weighted by Crippen LogP contribution is -2.42. The summed E-state index contributed by atoms with van der Waals surface area (Å²) >= 11 is 0. The predicted octanol–water partition coefficient (Wildman–Crippen LogP) is 1.70. The molecule has 1 aromatic rings. The number of benzene rings is 1. The standard InChI is InChI=1S/C15H23N3O2/c1-2-13-5-3-4-6-14(13)17-15(19)16-7-8-18-9-11-20-12-10-18/h3-6H,2,7-12H2,1H3,(H2,16,17,19). The van der Waals surface area contributed by atoms with Crippen molar-refractivity contribution in [3.63, 3.8) is 0 Å². The molecule has 0 spiro atoms. The molecule has 5 heteroatoms. The van der Waals surface area contributed by atoms with Crippen molar-refractivity contribution in [1.29, 1.82) is 0 Å². The molecule has 110 valence electrons. The monoisotopic (exact) mass is 277 g/mol. The van der Waals surface area contributed by atoms with Crippen molar-refractivity contribution in [2.24, 2.45) is 0 Å². The van der Waals surface area contributed by atoms with Crippen molar-refractivity contribution < 1.29 is 9.53 Å². The number of hydrogen-bond acceptors (Lipinski definition) is 3. The lowest BCUT2D eigenvalue weighted by atomic mass is 10.1. The number of anilines is 1. The van der Waals surface area contributed by atoms with Crippen LogP contribution < -0.4 is 10.6 Å². The number of amides is 2. The first-order chi connectivity index (χ1) is 9.79. The van der Waals surface area contributed by atoms with Crippen molar-refractivity contribution in [3.05, 3.63) is 29.8 Å². The largest absolute Gasteiger partial charge is 0.379 e. The van der Waals surface area contributed by atoms with Gasteiger partial charge in [0.05, 0.1) is 13.2 Å². The van der Waals surface area contributed by atoms with E-state index in [1.54, 1.807) is 0 Å². The lowest BCUT2D eigenvalue weighted by molar-refractivity contribution is 0.0388. The summed E-state index contributed by atoms with van der Waals surface area (Å²) in [5.41, 5.74) is 2.04. The average Bonchev–Trinajstić information content (AvgIpc) is 2.49. The molecule has 20 heavy (non-hydrogen) atoms. The fraction of sp³-hybridized carbons (Fsp3) is 0.533. The maximum absolute atomic E-state index is 11.9. The molecular weight excluding hydrogens is 254 g/mol. The fourth-order valence-electron chi connectivity index (χ4n) is 2.27.